The lowest BCUT2D eigenvalue weighted by molar-refractivity contribution is 1.04. The molecule has 78 valence electrons. The van der Waals surface area contributed by atoms with Gasteiger partial charge in [0.2, 0.25) is 0 Å². The molecule has 16 heavy (non-hydrogen) atoms. The third-order valence-corrected chi connectivity index (χ3v) is 2.76. The molecule has 1 aromatic rings. The van der Waals surface area contributed by atoms with E-state index in [-0.39, 0.29) is 5.92 Å². The van der Waals surface area contributed by atoms with Crippen LogP contribution in [0.15, 0.2) is 48.7 Å². The average molecular weight is 226 g/mol. The third kappa shape index (κ3) is 1.88. The standard InChI is InChI=1S/C13H10N2S/c1-9-7-11(10-5-3-2-4-6-10)12(8-14)13(16)15-9/h2-7,12H,1H2,(H,15,16)/t12-/m0/s1. The summed E-state index contributed by atoms with van der Waals surface area (Å²) in [6.45, 7) is 3.82. The number of nitriles is 1. The summed E-state index contributed by atoms with van der Waals surface area (Å²) >= 11 is 5.15. The van der Waals surface area contributed by atoms with E-state index in [2.05, 4.69) is 18.0 Å². The molecule has 3 heteroatoms. The summed E-state index contributed by atoms with van der Waals surface area (Å²) in [5.41, 5.74) is 2.66. The molecule has 0 aliphatic carbocycles. The molecule has 0 radical (unpaired) electrons. The lowest BCUT2D eigenvalue weighted by Gasteiger charge is -2.22. The zero-order valence-electron chi connectivity index (χ0n) is 8.60. The smallest absolute Gasteiger partial charge is 0.122 e. The molecule has 0 spiro atoms. The van der Waals surface area contributed by atoms with Crippen LogP contribution in [0.4, 0.5) is 0 Å². The highest BCUT2D eigenvalue weighted by atomic mass is 32.1. The first-order chi connectivity index (χ1) is 7.72. The molecule has 0 saturated carbocycles. The summed E-state index contributed by atoms with van der Waals surface area (Å²) in [7, 11) is 0. The molecule has 1 atom stereocenters. The molecule has 1 aromatic carbocycles. The molecular formula is C13H10N2S. The van der Waals surface area contributed by atoms with Gasteiger partial charge in [-0.1, -0.05) is 49.1 Å². The van der Waals surface area contributed by atoms with Crippen molar-refractivity contribution in [2.45, 2.75) is 0 Å². The van der Waals surface area contributed by atoms with Crippen LogP contribution in [0.5, 0.6) is 0 Å². The highest BCUT2D eigenvalue weighted by Crippen LogP contribution is 2.28. The van der Waals surface area contributed by atoms with Crippen molar-refractivity contribution in [2.75, 3.05) is 0 Å². The average Bonchev–Trinajstić information content (AvgIpc) is 2.29. The van der Waals surface area contributed by atoms with Gasteiger partial charge in [0.25, 0.3) is 0 Å². The Morgan fingerprint density at radius 1 is 1.31 bits per heavy atom. The largest absolute Gasteiger partial charge is 0.349 e. The molecule has 0 amide bonds. The number of thiocarbonyl (C=S) groups is 1. The summed E-state index contributed by atoms with van der Waals surface area (Å²) < 4.78 is 0. The van der Waals surface area contributed by atoms with Crippen LogP contribution in [0.1, 0.15) is 5.56 Å². The van der Waals surface area contributed by atoms with E-state index < -0.39 is 0 Å². The van der Waals surface area contributed by atoms with Gasteiger partial charge in [0.1, 0.15) is 10.9 Å². The van der Waals surface area contributed by atoms with Crippen molar-refractivity contribution in [1.82, 2.24) is 5.32 Å². The van der Waals surface area contributed by atoms with Crippen molar-refractivity contribution < 1.29 is 0 Å². The molecule has 0 saturated heterocycles. The maximum Gasteiger partial charge on any atom is 0.122 e. The van der Waals surface area contributed by atoms with Gasteiger partial charge in [-0.3, -0.25) is 0 Å². The molecule has 0 bridgehead atoms. The van der Waals surface area contributed by atoms with Crippen LogP contribution < -0.4 is 5.32 Å². The van der Waals surface area contributed by atoms with E-state index in [1.165, 1.54) is 0 Å². The molecule has 2 nitrogen and oxygen atoms in total. The maximum atomic E-state index is 9.13. The first kappa shape index (κ1) is 10.6. The van der Waals surface area contributed by atoms with Crippen LogP contribution in [0.3, 0.4) is 0 Å². The lowest BCUT2D eigenvalue weighted by atomic mass is 9.90. The van der Waals surface area contributed by atoms with Gasteiger partial charge >= 0.3 is 0 Å². The van der Waals surface area contributed by atoms with E-state index in [1.807, 2.05) is 36.4 Å². The summed E-state index contributed by atoms with van der Waals surface area (Å²) in [5.74, 6) is -0.386. The van der Waals surface area contributed by atoms with Gasteiger partial charge in [0.05, 0.1) is 6.07 Å². The number of rotatable bonds is 1. The minimum absolute atomic E-state index is 0.386. The monoisotopic (exact) mass is 226 g/mol. The molecule has 1 aliphatic rings. The summed E-state index contributed by atoms with van der Waals surface area (Å²) in [4.78, 5) is 0.522. The van der Waals surface area contributed by atoms with Crippen LogP contribution in [-0.4, -0.2) is 4.99 Å². The molecule has 0 unspecified atom stereocenters. The minimum atomic E-state index is -0.386. The Morgan fingerprint density at radius 2 is 2.00 bits per heavy atom. The highest BCUT2D eigenvalue weighted by molar-refractivity contribution is 7.80. The van der Waals surface area contributed by atoms with Crippen LogP contribution in [0.25, 0.3) is 5.57 Å². The molecule has 0 fully saturated rings. The van der Waals surface area contributed by atoms with Crippen molar-refractivity contribution >= 4 is 22.8 Å². The van der Waals surface area contributed by atoms with E-state index in [1.54, 1.807) is 0 Å². The number of nitrogens with zero attached hydrogens (tertiary/aromatic N) is 1. The topological polar surface area (TPSA) is 35.8 Å². The van der Waals surface area contributed by atoms with Gasteiger partial charge in [-0.25, -0.2) is 0 Å². The molecule has 2 rings (SSSR count). The first-order valence-corrected chi connectivity index (χ1v) is 5.29. The van der Waals surface area contributed by atoms with Crippen molar-refractivity contribution in [3.63, 3.8) is 0 Å². The molecule has 1 N–H and O–H groups in total. The number of nitrogens with one attached hydrogen (secondary N) is 1. The molecule has 0 aromatic heterocycles. The number of hydrogen-bond donors (Lipinski definition) is 1. The molecular weight excluding hydrogens is 216 g/mol. The lowest BCUT2D eigenvalue weighted by Crippen LogP contribution is -2.31. The predicted molar refractivity (Wildman–Crippen MR) is 68.4 cm³/mol. The highest BCUT2D eigenvalue weighted by Gasteiger charge is 2.24. The number of benzene rings is 1. The zero-order chi connectivity index (χ0) is 11.5. The Bertz CT molecular complexity index is 508. The quantitative estimate of drug-likeness (QED) is 0.748. The van der Waals surface area contributed by atoms with Gasteiger partial charge in [-0.15, -0.1) is 0 Å². The number of hydrogen-bond acceptors (Lipinski definition) is 2. The van der Waals surface area contributed by atoms with Crippen LogP contribution >= 0.6 is 12.2 Å². The van der Waals surface area contributed by atoms with Crippen LogP contribution in [0, 0.1) is 17.2 Å². The molecule has 1 aliphatic heterocycles. The van der Waals surface area contributed by atoms with Crippen LogP contribution in [-0.2, 0) is 0 Å². The molecule has 1 heterocycles. The SMILES string of the molecule is C=C1C=C(c2ccccc2)[C@H](C#N)C(=S)N1. The predicted octanol–water partition coefficient (Wildman–Crippen LogP) is 2.65. The van der Waals surface area contributed by atoms with Gasteiger partial charge in [0, 0.05) is 5.70 Å². The summed E-state index contributed by atoms with van der Waals surface area (Å²) in [6.07, 6.45) is 1.87. The maximum absolute atomic E-state index is 9.13. The summed E-state index contributed by atoms with van der Waals surface area (Å²) in [5, 5.41) is 12.0. The van der Waals surface area contributed by atoms with E-state index in [0.29, 0.717) is 4.99 Å². The fraction of sp³-hybridized carbons (Fsp3) is 0.0769. The fourth-order valence-electron chi connectivity index (χ4n) is 1.69. The van der Waals surface area contributed by atoms with E-state index in [4.69, 9.17) is 17.5 Å². The van der Waals surface area contributed by atoms with E-state index >= 15 is 0 Å². The van der Waals surface area contributed by atoms with Gasteiger partial charge in [0.15, 0.2) is 0 Å². The second-order valence-electron chi connectivity index (χ2n) is 3.54. The number of allylic oxidation sites excluding steroid dienone is 1. The minimum Gasteiger partial charge on any atom is -0.349 e. The Hall–Kier alpha value is -1.92. The Labute approximate surface area is 99.9 Å². The van der Waals surface area contributed by atoms with E-state index in [0.717, 1.165) is 16.8 Å². The van der Waals surface area contributed by atoms with Crippen molar-refractivity contribution in [2.24, 2.45) is 5.92 Å². The normalized spacial score (nSPS) is 19.7. The van der Waals surface area contributed by atoms with Crippen molar-refractivity contribution in [3.05, 3.63) is 54.2 Å². The van der Waals surface area contributed by atoms with Gasteiger partial charge in [-0.05, 0) is 17.2 Å². The summed E-state index contributed by atoms with van der Waals surface area (Å²) in [6, 6.07) is 12.0. The van der Waals surface area contributed by atoms with Gasteiger partial charge < -0.3 is 5.32 Å². The Morgan fingerprint density at radius 3 is 2.62 bits per heavy atom. The fourth-order valence-corrected chi connectivity index (χ4v) is 2.00. The van der Waals surface area contributed by atoms with Crippen molar-refractivity contribution in [1.29, 1.82) is 5.26 Å². The Kier molecular flexibility index (Phi) is 2.84. The van der Waals surface area contributed by atoms with Gasteiger partial charge in [-0.2, -0.15) is 5.26 Å². The van der Waals surface area contributed by atoms with E-state index in [9.17, 15) is 0 Å². The third-order valence-electron chi connectivity index (χ3n) is 2.42. The second kappa shape index (κ2) is 4.30. The second-order valence-corrected chi connectivity index (χ2v) is 3.98. The van der Waals surface area contributed by atoms with Crippen molar-refractivity contribution in [3.8, 4) is 6.07 Å². The zero-order valence-corrected chi connectivity index (χ0v) is 9.42. The Balaban J connectivity index is 2.50. The van der Waals surface area contributed by atoms with Crippen LogP contribution in [0.2, 0.25) is 0 Å². The first-order valence-electron chi connectivity index (χ1n) is 4.89.